The van der Waals surface area contributed by atoms with E-state index >= 15 is 0 Å². The van der Waals surface area contributed by atoms with Crippen molar-refractivity contribution in [2.45, 2.75) is 46.1 Å². The average molecular weight is 286 g/mol. The van der Waals surface area contributed by atoms with E-state index in [2.05, 4.69) is 26.1 Å². The topological polar surface area (TPSA) is 49.4 Å². The van der Waals surface area contributed by atoms with Gasteiger partial charge in [-0.15, -0.1) is 0 Å². The van der Waals surface area contributed by atoms with E-state index in [1.165, 1.54) is 0 Å². The summed E-state index contributed by atoms with van der Waals surface area (Å²) in [5.74, 6) is 2.70. The van der Waals surface area contributed by atoms with E-state index in [1.807, 2.05) is 16.7 Å². The zero-order valence-corrected chi connectivity index (χ0v) is 13.1. The van der Waals surface area contributed by atoms with Crippen LogP contribution in [-0.4, -0.2) is 47.4 Å². The lowest BCUT2D eigenvalue weighted by atomic mass is 10.0. The Morgan fingerprint density at radius 3 is 2.79 bits per heavy atom. The van der Waals surface area contributed by atoms with Crippen LogP contribution in [0.4, 0.5) is 0 Å². The van der Waals surface area contributed by atoms with Crippen LogP contribution in [0.25, 0.3) is 0 Å². The highest BCUT2D eigenvalue weighted by atomic mass is 32.2. The molecule has 1 N–H and O–H groups in total. The quantitative estimate of drug-likeness (QED) is 0.727. The first-order valence-electron chi connectivity index (χ1n) is 7.20. The Hall–Kier alpha value is -0.710. The van der Waals surface area contributed by atoms with E-state index in [-0.39, 0.29) is 17.9 Å². The molecule has 4 nitrogen and oxygen atoms in total. The Labute approximate surface area is 120 Å². The molecule has 0 aliphatic carbocycles. The van der Waals surface area contributed by atoms with Crippen molar-refractivity contribution in [1.82, 2.24) is 10.2 Å². The fourth-order valence-corrected chi connectivity index (χ4v) is 2.87. The fourth-order valence-electron chi connectivity index (χ4n) is 2.25. The number of carbonyl (C=O) groups excluding carboxylic acids is 2. The lowest BCUT2D eigenvalue weighted by molar-refractivity contribution is -0.134. The predicted molar refractivity (Wildman–Crippen MR) is 80.2 cm³/mol. The Morgan fingerprint density at radius 1 is 1.42 bits per heavy atom. The molecule has 0 aromatic rings. The second-order valence-electron chi connectivity index (χ2n) is 5.38. The number of hydrogen-bond acceptors (Lipinski definition) is 3. The molecule has 19 heavy (non-hydrogen) atoms. The van der Waals surface area contributed by atoms with Crippen LogP contribution in [0.5, 0.6) is 0 Å². The lowest BCUT2D eigenvalue weighted by Gasteiger charge is -2.24. The van der Waals surface area contributed by atoms with Crippen molar-refractivity contribution in [2.75, 3.05) is 24.6 Å². The summed E-state index contributed by atoms with van der Waals surface area (Å²) in [6, 6.07) is -0.325. The Kier molecular flexibility index (Phi) is 7.28. The smallest absolute Gasteiger partial charge is 0.245 e. The zero-order chi connectivity index (χ0) is 14.3. The summed E-state index contributed by atoms with van der Waals surface area (Å²) in [5, 5.41) is 2.86. The standard InChI is InChI=1S/C14H26N2O2S/c1-4-19-9-5-7-16-8-6-13(17)15-12(14(16)18)10-11(2)3/h11-12H,4-10H2,1-3H3,(H,15,17). The Bertz CT molecular complexity index is 308. The first-order chi connectivity index (χ1) is 9.04. The second-order valence-corrected chi connectivity index (χ2v) is 6.77. The Morgan fingerprint density at radius 2 is 2.16 bits per heavy atom. The van der Waals surface area contributed by atoms with Gasteiger partial charge in [0.1, 0.15) is 6.04 Å². The fraction of sp³-hybridized carbons (Fsp3) is 0.857. The third-order valence-electron chi connectivity index (χ3n) is 3.18. The minimum absolute atomic E-state index is 0.00410. The highest BCUT2D eigenvalue weighted by Gasteiger charge is 2.29. The number of amides is 2. The molecular formula is C14H26N2O2S. The number of thioether (sulfide) groups is 1. The molecule has 0 aromatic heterocycles. The van der Waals surface area contributed by atoms with E-state index in [0.29, 0.717) is 18.9 Å². The number of nitrogens with one attached hydrogen (secondary N) is 1. The molecule has 1 unspecified atom stereocenters. The predicted octanol–water partition coefficient (Wildman–Crippen LogP) is 1.89. The van der Waals surface area contributed by atoms with Crippen LogP contribution in [0, 0.1) is 5.92 Å². The van der Waals surface area contributed by atoms with Crippen molar-refractivity contribution >= 4 is 23.6 Å². The van der Waals surface area contributed by atoms with Crippen molar-refractivity contribution in [1.29, 1.82) is 0 Å². The highest BCUT2D eigenvalue weighted by molar-refractivity contribution is 7.99. The molecule has 1 atom stereocenters. The minimum Gasteiger partial charge on any atom is -0.344 e. The van der Waals surface area contributed by atoms with Gasteiger partial charge >= 0.3 is 0 Å². The van der Waals surface area contributed by atoms with Gasteiger partial charge in [-0.1, -0.05) is 20.8 Å². The molecule has 0 bridgehead atoms. The van der Waals surface area contributed by atoms with Crippen LogP contribution in [0.2, 0.25) is 0 Å². The summed E-state index contributed by atoms with van der Waals surface area (Å²) in [6.45, 7) is 7.63. The normalized spacial score (nSPS) is 20.6. The largest absolute Gasteiger partial charge is 0.344 e. The molecule has 5 heteroatoms. The van der Waals surface area contributed by atoms with Gasteiger partial charge in [0, 0.05) is 19.5 Å². The molecule has 0 spiro atoms. The molecule has 1 saturated heterocycles. The zero-order valence-electron chi connectivity index (χ0n) is 12.3. The third kappa shape index (κ3) is 5.85. The van der Waals surface area contributed by atoms with Crippen LogP contribution in [0.1, 0.15) is 40.0 Å². The first kappa shape index (κ1) is 16.3. The molecule has 0 saturated carbocycles. The third-order valence-corrected chi connectivity index (χ3v) is 4.17. The van der Waals surface area contributed by atoms with Crippen molar-refractivity contribution in [3.63, 3.8) is 0 Å². The second kappa shape index (κ2) is 8.46. The summed E-state index contributed by atoms with van der Waals surface area (Å²) in [7, 11) is 0. The van der Waals surface area contributed by atoms with E-state index in [4.69, 9.17) is 0 Å². The van der Waals surface area contributed by atoms with Gasteiger partial charge in [0.15, 0.2) is 0 Å². The van der Waals surface area contributed by atoms with Gasteiger partial charge in [-0.05, 0) is 30.3 Å². The summed E-state index contributed by atoms with van der Waals surface area (Å²) >= 11 is 1.89. The van der Waals surface area contributed by atoms with E-state index in [1.54, 1.807) is 0 Å². The SMILES string of the molecule is CCSCCCN1CCC(=O)NC(CC(C)C)C1=O. The van der Waals surface area contributed by atoms with E-state index in [0.717, 1.165) is 30.9 Å². The summed E-state index contributed by atoms with van der Waals surface area (Å²) in [6.07, 6.45) is 2.17. The number of hydrogen-bond donors (Lipinski definition) is 1. The van der Waals surface area contributed by atoms with Crippen molar-refractivity contribution < 1.29 is 9.59 Å². The molecule has 1 heterocycles. The van der Waals surface area contributed by atoms with Crippen molar-refractivity contribution in [3.8, 4) is 0 Å². The highest BCUT2D eigenvalue weighted by Crippen LogP contribution is 2.13. The van der Waals surface area contributed by atoms with Crippen molar-refractivity contribution in [3.05, 3.63) is 0 Å². The monoisotopic (exact) mass is 286 g/mol. The van der Waals surface area contributed by atoms with Gasteiger partial charge in [0.05, 0.1) is 0 Å². The average Bonchev–Trinajstić information content (AvgIpc) is 2.47. The number of carbonyl (C=O) groups is 2. The minimum atomic E-state index is -0.325. The van der Waals surface area contributed by atoms with Crippen LogP contribution < -0.4 is 5.32 Å². The van der Waals surface area contributed by atoms with Gasteiger partial charge in [-0.2, -0.15) is 11.8 Å². The molecule has 1 aliphatic heterocycles. The lowest BCUT2D eigenvalue weighted by Crippen LogP contribution is -2.45. The summed E-state index contributed by atoms with van der Waals surface area (Å²) in [4.78, 5) is 25.9. The molecule has 1 fully saturated rings. The van der Waals surface area contributed by atoms with Crippen LogP contribution in [0.3, 0.4) is 0 Å². The molecular weight excluding hydrogens is 260 g/mol. The van der Waals surface area contributed by atoms with E-state index < -0.39 is 0 Å². The van der Waals surface area contributed by atoms with Gasteiger partial charge in [0.2, 0.25) is 11.8 Å². The summed E-state index contributed by atoms with van der Waals surface area (Å²) < 4.78 is 0. The van der Waals surface area contributed by atoms with E-state index in [9.17, 15) is 9.59 Å². The summed E-state index contributed by atoms with van der Waals surface area (Å²) in [5.41, 5.74) is 0. The van der Waals surface area contributed by atoms with Crippen molar-refractivity contribution in [2.24, 2.45) is 5.92 Å². The maximum atomic E-state index is 12.4. The number of nitrogens with zero attached hydrogens (tertiary/aromatic N) is 1. The number of rotatable bonds is 7. The molecule has 0 radical (unpaired) electrons. The molecule has 110 valence electrons. The molecule has 1 rings (SSSR count). The van der Waals surface area contributed by atoms with Crippen LogP contribution in [0.15, 0.2) is 0 Å². The van der Waals surface area contributed by atoms with Gasteiger partial charge in [-0.25, -0.2) is 0 Å². The Balaban J connectivity index is 2.54. The maximum absolute atomic E-state index is 12.4. The van der Waals surface area contributed by atoms with Gasteiger partial charge in [0.25, 0.3) is 0 Å². The molecule has 0 aromatic carbocycles. The molecule has 1 aliphatic rings. The van der Waals surface area contributed by atoms with Gasteiger partial charge in [-0.3, -0.25) is 9.59 Å². The van der Waals surface area contributed by atoms with Gasteiger partial charge < -0.3 is 10.2 Å². The first-order valence-corrected chi connectivity index (χ1v) is 8.36. The van der Waals surface area contributed by atoms with Crippen LogP contribution in [-0.2, 0) is 9.59 Å². The molecule has 2 amide bonds. The van der Waals surface area contributed by atoms with Crippen LogP contribution >= 0.6 is 11.8 Å². The maximum Gasteiger partial charge on any atom is 0.245 e.